The first-order valence-electron chi connectivity index (χ1n) is 8.56. The Hall–Kier alpha value is -3.48. The van der Waals surface area contributed by atoms with Crippen LogP contribution in [0.15, 0.2) is 66.9 Å². The van der Waals surface area contributed by atoms with E-state index in [0.717, 1.165) is 17.2 Å². The number of nitrogens with one attached hydrogen (secondary N) is 1. The van der Waals surface area contributed by atoms with Gasteiger partial charge >= 0.3 is 6.03 Å². The summed E-state index contributed by atoms with van der Waals surface area (Å²) in [5.74, 6) is 1.99. The zero-order valence-electron chi connectivity index (χ0n) is 15.3. The van der Waals surface area contributed by atoms with Gasteiger partial charge in [0.15, 0.2) is 5.82 Å². The van der Waals surface area contributed by atoms with Crippen LogP contribution in [0.2, 0.25) is 0 Å². The molecule has 0 spiro atoms. The highest BCUT2D eigenvalue weighted by Crippen LogP contribution is 2.17. The fourth-order valence-corrected chi connectivity index (χ4v) is 2.39. The fraction of sp³-hybridized carbons (Fsp3) is 0.200. The second kappa shape index (κ2) is 8.75. The topological polar surface area (TPSA) is 68.6 Å². The zero-order valence-corrected chi connectivity index (χ0v) is 15.3. The van der Waals surface area contributed by atoms with Crippen molar-refractivity contribution in [2.24, 2.45) is 0 Å². The largest absolute Gasteiger partial charge is 0.497 e. The Labute approximate surface area is 158 Å². The molecule has 27 heavy (non-hydrogen) atoms. The predicted molar refractivity (Wildman–Crippen MR) is 104 cm³/mol. The Kier molecular flexibility index (Phi) is 5.94. The molecule has 0 unspecified atom stereocenters. The van der Waals surface area contributed by atoms with Gasteiger partial charge in [0.05, 0.1) is 19.3 Å². The number of para-hydroxylation sites is 1. The van der Waals surface area contributed by atoms with Crippen molar-refractivity contribution in [1.29, 1.82) is 0 Å². The molecule has 0 aliphatic heterocycles. The smallest absolute Gasteiger partial charge is 0.322 e. The number of urea groups is 1. The number of hydrogen-bond acceptors (Lipinski definition) is 4. The monoisotopic (exact) mass is 366 g/mol. The van der Waals surface area contributed by atoms with E-state index >= 15 is 0 Å². The number of anilines is 1. The summed E-state index contributed by atoms with van der Waals surface area (Å²) in [5, 5.41) is 7.14. The lowest BCUT2D eigenvalue weighted by atomic mass is 10.3. The van der Waals surface area contributed by atoms with Crippen molar-refractivity contribution >= 4 is 11.8 Å². The number of hydrogen-bond donors (Lipinski definition) is 1. The second-order valence-electron chi connectivity index (χ2n) is 5.86. The molecule has 140 valence electrons. The average molecular weight is 366 g/mol. The molecule has 1 heterocycles. The molecule has 7 heteroatoms. The summed E-state index contributed by atoms with van der Waals surface area (Å²) in [6.07, 6.45) is 1.80. The molecule has 2 aromatic carbocycles. The van der Waals surface area contributed by atoms with Crippen molar-refractivity contribution < 1.29 is 14.3 Å². The number of methoxy groups -OCH3 is 1. The summed E-state index contributed by atoms with van der Waals surface area (Å²) in [7, 11) is 3.33. The fourth-order valence-electron chi connectivity index (χ4n) is 2.39. The molecule has 2 amide bonds. The van der Waals surface area contributed by atoms with E-state index in [0.29, 0.717) is 19.0 Å². The Morgan fingerprint density at radius 3 is 2.48 bits per heavy atom. The molecule has 0 atom stereocenters. The molecule has 0 aliphatic rings. The number of ether oxygens (including phenoxy) is 2. The van der Waals surface area contributed by atoms with Gasteiger partial charge < -0.3 is 14.4 Å². The highest BCUT2D eigenvalue weighted by molar-refractivity contribution is 5.88. The van der Waals surface area contributed by atoms with Gasteiger partial charge in [-0.25, -0.2) is 9.48 Å². The summed E-state index contributed by atoms with van der Waals surface area (Å²) in [6, 6.07) is 18.5. The van der Waals surface area contributed by atoms with Gasteiger partial charge in [0.25, 0.3) is 0 Å². The average Bonchev–Trinajstić information content (AvgIpc) is 3.17. The minimum atomic E-state index is -0.244. The van der Waals surface area contributed by atoms with E-state index in [2.05, 4.69) is 10.4 Å². The minimum Gasteiger partial charge on any atom is -0.497 e. The molecule has 3 aromatic rings. The number of carbonyl (C=O) groups is 1. The van der Waals surface area contributed by atoms with E-state index in [1.807, 2.05) is 54.6 Å². The van der Waals surface area contributed by atoms with Crippen LogP contribution in [0, 0.1) is 0 Å². The number of rotatable bonds is 7. The maximum atomic E-state index is 12.3. The van der Waals surface area contributed by atoms with Crippen LogP contribution >= 0.6 is 0 Å². The Morgan fingerprint density at radius 2 is 1.78 bits per heavy atom. The Balaban J connectivity index is 1.47. The van der Waals surface area contributed by atoms with Crippen LogP contribution < -0.4 is 14.8 Å². The van der Waals surface area contributed by atoms with Gasteiger partial charge in [-0.05, 0) is 36.4 Å². The van der Waals surface area contributed by atoms with Crippen LogP contribution in [0.3, 0.4) is 0 Å². The highest BCUT2D eigenvalue weighted by atomic mass is 16.5. The van der Waals surface area contributed by atoms with Gasteiger partial charge in [-0.2, -0.15) is 0 Å². The van der Waals surface area contributed by atoms with E-state index in [1.165, 1.54) is 0 Å². The van der Waals surface area contributed by atoms with Crippen molar-refractivity contribution in [3.8, 4) is 17.2 Å². The zero-order chi connectivity index (χ0) is 19.1. The lowest BCUT2D eigenvalue weighted by Crippen LogP contribution is -2.34. The number of aromatic nitrogens is 2. The number of benzene rings is 2. The van der Waals surface area contributed by atoms with E-state index < -0.39 is 0 Å². The van der Waals surface area contributed by atoms with Crippen LogP contribution in [0.1, 0.15) is 0 Å². The number of amides is 2. The number of likely N-dealkylation sites (N-methyl/N-ethyl adjacent to an activating group) is 1. The normalized spacial score (nSPS) is 10.3. The SMILES string of the molecule is COc1ccc(OCCN(C)C(=O)Nc2ccn(-c3ccccc3)n2)cc1. The maximum Gasteiger partial charge on any atom is 0.322 e. The van der Waals surface area contributed by atoms with Crippen molar-refractivity contribution in [3.05, 3.63) is 66.9 Å². The van der Waals surface area contributed by atoms with Crippen molar-refractivity contribution in [2.45, 2.75) is 0 Å². The molecule has 0 radical (unpaired) electrons. The summed E-state index contributed by atoms with van der Waals surface area (Å²) in [5.41, 5.74) is 0.930. The van der Waals surface area contributed by atoms with Gasteiger partial charge in [-0.3, -0.25) is 5.32 Å². The quantitative estimate of drug-likeness (QED) is 0.696. The molecule has 0 saturated carbocycles. The first-order chi connectivity index (χ1) is 13.2. The molecule has 3 rings (SSSR count). The molecule has 1 aromatic heterocycles. The summed E-state index contributed by atoms with van der Waals surface area (Å²) in [6.45, 7) is 0.825. The van der Waals surface area contributed by atoms with Gasteiger partial charge in [0.2, 0.25) is 0 Å². The van der Waals surface area contributed by atoms with E-state index in [9.17, 15) is 4.79 Å². The molecule has 0 aliphatic carbocycles. The van der Waals surface area contributed by atoms with E-state index in [-0.39, 0.29) is 6.03 Å². The van der Waals surface area contributed by atoms with Gasteiger partial charge in [0, 0.05) is 19.3 Å². The van der Waals surface area contributed by atoms with Crippen LogP contribution in [0.25, 0.3) is 5.69 Å². The maximum absolute atomic E-state index is 12.3. The van der Waals surface area contributed by atoms with Crippen molar-refractivity contribution in [3.63, 3.8) is 0 Å². The third-order valence-electron chi connectivity index (χ3n) is 3.95. The number of nitrogens with zero attached hydrogens (tertiary/aromatic N) is 3. The first kappa shape index (κ1) is 18.3. The van der Waals surface area contributed by atoms with Crippen molar-refractivity contribution in [1.82, 2.24) is 14.7 Å². The Bertz CT molecular complexity index is 862. The van der Waals surface area contributed by atoms with Gasteiger partial charge in [-0.1, -0.05) is 18.2 Å². The molecular formula is C20H22N4O3. The van der Waals surface area contributed by atoms with Crippen molar-refractivity contribution in [2.75, 3.05) is 32.6 Å². The van der Waals surface area contributed by atoms with Crippen LogP contribution in [-0.2, 0) is 0 Å². The van der Waals surface area contributed by atoms with Gasteiger partial charge in [-0.15, -0.1) is 5.10 Å². The Morgan fingerprint density at radius 1 is 1.07 bits per heavy atom. The molecule has 0 fully saturated rings. The minimum absolute atomic E-state index is 0.244. The number of carbonyl (C=O) groups excluding carboxylic acids is 1. The van der Waals surface area contributed by atoms with E-state index in [4.69, 9.17) is 9.47 Å². The van der Waals surface area contributed by atoms with Crippen LogP contribution in [0.5, 0.6) is 11.5 Å². The predicted octanol–water partition coefficient (Wildman–Crippen LogP) is 3.42. The highest BCUT2D eigenvalue weighted by Gasteiger charge is 2.11. The van der Waals surface area contributed by atoms with Crippen LogP contribution in [0.4, 0.5) is 10.6 Å². The standard InChI is InChI=1S/C20H22N4O3/c1-23(14-15-27-18-10-8-17(26-2)9-11-18)20(25)21-19-12-13-24(22-19)16-6-4-3-5-7-16/h3-13H,14-15H2,1-2H3,(H,21,22,25). The summed E-state index contributed by atoms with van der Waals surface area (Å²) >= 11 is 0. The first-order valence-corrected chi connectivity index (χ1v) is 8.56. The lowest BCUT2D eigenvalue weighted by molar-refractivity contribution is 0.207. The summed E-state index contributed by atoms with van der Waals surface area (Å²) in [4.78, 5) is 13.8. The van der Waals surface area contributed by atoms with Crippen LogP contribution in [-0.4, -0.2) is 48.0 Å². The third-order valence-corrected chi connectivity index (χ3v) is 3.95. The molecule has 1 N–H and O–H groups in total. The molecule has 0 saturated heterocycles. The molecule has 7 nitrogen and oxygen atoms in total. The third kappa shape index (κ3) is 5.01. The van der Waals surface area contributed by atoms with Gasteiger partial charge in [0.1, 0.15) is 18.1 Å². The molecule has 0 bridgehead atoms. The lowest BCUT2D eigenvalue weighted by Gasteiger charge is -2.17. The van der Waals surface area contributed by atoms with E-state index in [1.54, 1.807) is 36.0 Å². The molecular weight excluding hydrogens is 344 g/mol. The summed E-state index contributed by atoms with van der Waals surface area (Å²) < 4.78 is 12.5. The second-order valence-corrected chi connectivity index (χ2v) is 5.86.